The molecule has 1 saturated carbocycles. The summed E-state index contributed by atoms with van der Waals surface area (Å²) in [5.74, 6) is -0.0544. The fraction of sp³-hybridized carbons (Fsp3) is 0.929. The van der Waals surface area contributed by atoms with Gasteiger partial charge in [0.1, 0.15) is 5.54 Å². The van der Waals surface area contributed by atoms with Gasteiger partial charge in [-0.25, -0.2) is 0 Å². The lowest BCUT2D eigenvalue weighted by molar-refractivity contribution is -0.154. The fourth-order valence-corrected chi connectivity index (χ4v) is 2.89. The van der Waals surface area contributed by atoms with Gasteiger partial charge in [-0.15, -0.1) is 0 Å². The van der Waals surface area contributed by atoms with Gasteiger partial charge in [0.25, 0.3) is 0 Å². The molecular formula is C14H27NO2. The molecule has 0 saturated heterocycles. The van der Waals surface area contributed by atoms with Crippen LogP contribution in [-0.4, -0.2) is 24.7 Å². The van der Waals surface area contributed by atoms with E-state index in [0.717, 1.165) is 32.2 Å². The molecule has 1 unspecified atom stereocenters. The van der Waals surface area contributed by atoms with Gasteiger partial charge >= 0.3 is 5.97 Å². The molecule has 3 nitrogen and oxygen atoms in total. The molecule has 1 fully saturated rings. The highest BCUT2D eigenvalue weighted by molar-refractivity contribution is 5.81. The SMILES string of the molecule is CCCNC1(C(=O)OCC)CCCC(C)(C)C1. The number of hydrogen-bond donors (Lipinski definition) is 1. The molecule has 1 atom stereocenters. The average Bonchev–Trinajstić information content (AvgIpc) is 2.25. The van der Waals surface area contributed by atoms with Crippen molar-refractivity contribution in [2.45, 2.75) is 65.3 Å². The quantitative estimate of drug-likeness (QED) is 0.752. The maximum atomic E-state index is 12.2. The molecule has 0 radical (unpaired) electrons. The predicted molar refractivity (Wildman–Crippen MR) is 69.9 cm³/mol. The van der Waals surface area contributed by atoms with Crippen molar-refractivity contribution in [1.29, 1.82) is 0 Å². The van der Waals surface area contributed by atoms with Crippen LogP contribution in [0.25, 0.3) is 0 Å². The maximum Gasteiger partial charge on any atom is 0.326 e. The van der Waals surface area contributed by atoms with E-state index in [4.69, 9.17) is 4.74 Å². The Hall–Kier alpha value is -0.570. The second-order valence-corrected chi connectivity index (χ2v) is 5.92. The van der Waals surface area contributed by atoms with Crippen molar-refractivity contribution in [3.63, 3.8) is 0 Å². The molecular weight excluding hydrogens is 214 g/mol. The molecule has 0 aromatic heterocycles. The summed E-state index contributed by atoms with van der Waals surface area (Å²) in [5.41, 5.74) is -0.209. The van der Waals surface area contributed by atoms with Gasteiger partial charge in [0.05, 0.1) is 6.61 Å². The number of nitrogens with one attached hydrogen (secondary N) is 1. The summed E-state index contributed by atoms with van der Waals surface area (Å²) in [4.78, 5) is 12.2. The maximum absolute atomic E-state index is 12.2. The molecule has 1 rings (SSSR count). The zero-order valence-corrected chi connectivity index (χ0v) is 11.8. The van der Waals surface area contributed by atoms with Crippen molar-refractivity contribution in [2.75, 3.05) is 13.2 Å². The van der Waals surface area contributed by atoms with Gasteiger partial charge in [0.15, 0.2) is 0 Å². The Morgan fingerprint density at radius 2 is 2.00 bits per heavy atom. The molecule has 0 amide bonds. The molecule has 100 valence electrons. The van der Waals surface area contributed by atoms with Crippen molar-refractivity contribution >= 4 is 5.97 Å². The Kier molecular flexibility index (Phi) is 4.99. The van der Waals surface area contributed by atoms with E-state index in [-0.39, 0.29) is 11.4 Å². The first-order valence-electron chi connectivity index (χ1n) is 6.88. The van der Waals surface area contributed by atoms with Crippen molar-refractivity contribution in [2.24, 2.45) is 5.41 Å². The van der Waals surface area contributed by atoms with E-state index in [1.807, 2.05) is 6.92 Å². The van der Waals surface area contributed by atoms with E-state index in [0.29, 0.717) is 6.61 Å². The Balaban J connectivity index is 2.81. The highest BCUT2D eigenvalue weighted by atomic mass is 16.5. The molecule has 0 spiro atoms. The van der Waals surface area contributed by atoms with E-state index in [2.05, 4.69) is 26.1 Å². The molecule has 1 aliphatic carbocycles. The second kappa shape index (κ2) is 5.85. The third-order valence-corrected chi connectivity index (χ3v) is 3.62. The largest absolute Gasteiger partial charge is 0.465 e. The first kappa shape index (κ1) is 14.5. The summed E-state index contributed by atoms with van der Waals surface area (Å²) >= 11 is 0. The van der Waals surface area contributed by atoms with Gasteiger partial charge in [-0.1, -0.05) is 27.2 Å². The summed E-state index contributed by atoms with van der Waals surface area (Å²) in [6, 6.07) is 0. The summed E-state index contributed by atoms with van der Waals surface area (Å²) in [6.45, 7) is 9.84. The standard InChI is InChI=1S/C14H27NO2/c1-5-10-15-14(12(16)17-6-2)9-7-8-13(3,4)11-14/h15H,5-11H2,1-4H3. The van der Waals surface area contributed by atoms with E-state index < -0.39 is 5.54 Å². The summed E-state index contributed by atoms with van der Waals surface area (Å²) in [7, 11) is 0. The van der Waals surface area contributed by atoms with Crippen molar-refractivity contribution in [3.05, 3.63) is 0 Å². The number of carbonyl (C=O) groups excluding carboxylic acids is 1. The Morgan fingerprint density at radius 1 is 1.29 bits per heavy atom. The highest BCUT2D eigenvalue weighted by Crippen LogP contribution is 2.41. The fourth-order valence-electron chi connectivity index (χ4n) is 2.89. The lowest BCUT2D eigenvalue weighted by Gasteiger charge is -2.43. The number of hydrogen-bond acceptors (Lipinski definition) is 3. The van der Waals surface area contributed by atoms with Crippen LogP contribution >= 0.6 is 0 Å². The van der Waals surface area contributed by atoms with Crippen LogP contribution in [0.15, 0.2) is 0 Å². The average molecular weight is 241 g/mol. The summed E-state index contributed by atoms with van der Waals surface area (Å²) in [6.07, 6.45) is 5.14. The van der Waals surface area contributed by atoms with Crippen LogP contribution in [0.1, 0.15) is 59.8 Å². The topological polar surface area (TPSA) is 38.3 Å². The normalized spacial score (nSPS) is 27.8. The van der Waals surface area contributed by atoms with E-state index in [1.54, 1.807) is 0 Å². The highest BCUT2D eigenvalue weighted by Gasteiger charge is 2.46. The summed E-state index contributed by atoms with van der Waals surface area (Å²) < 4.78 is 5.27. The molecule has 0 aromatic rings. The molecule has 0 heterocycles. The zero-order valence-electron chi connectivity index (χ0n) is 11.8. The molecule has 0 bridgehead atoms. The lowest BCUT2D eigenvalue weighted by atomic mass is 9.68. The second-order valence-electron chi connectivity index (χ2n) is 5.92. The molecule has 17 heavy (non-hydrogen) atoms. The van der Waals surface area contributed by atoms with Crippen molar-refractivity contribution < 1.29 is 9.53 Å². The van der Waals surface area contributed by atoms with E-state index in [1.165, 1.54) is 6.42 Å². The number of rotatable bonds is 5. The summed E-state index contributed by atoms with van der Waals surface area (Å²) in [5, 5.41) is 3.45. The molecule has 0 aromatic carbocycles. The third-order valence-electron chi connectivity index (χ3n) is 3.62. The zero-order chi connectivity index (χ0) is 12.9. The minimum absolute atomic E-state index is 0.0544. The minimum atomic E-state index is -0.437. The Bertz CT molecular complexity index is 263. The molecule has 0 aliphatic heterocycles. The number of ether oxygens (including phenoxy) is 1. The Labute approximate surface area is 105 Å². The molecule has 1 N–H and O–H groups in total. The predicted octanol–water partition coefficient (Wildman–Crippen LogP) is 2.89. The monoisotopic (exact) mass is 241 g/mol. The lowest BCUT2D eigenvalue weighted by Crippen LogP contribution is -2.57. The van der Waals surface area contributed by atoms with Crippen LogP contribution in [0.3, 0.4) is 0 Å². The van der Waals surface area contributed by atoms with Crippen LogP contribution in [0.4, 0.5) is 0 Å². The van der Waals surface area contributed by atoms with Gasteiger partial charge in [-0.3, -0.25) is 4.79 Å². The van der Waals surface area contributed by atoms with E-state index in [9.17, 15) is 4.79 Å². The van der Waals surface area contributed by atoms with Crippen LogP contribution in [-0.2, 0) is 9.53 Å². The van der Waals surface area contributed by atoms with Crippen LogP contribution in [0, 0.1) is 5.41 Å². The van der Waals surface area contributed by atoms with Gasteiger partial charge in [-0.2, -0.15) is 0 Å². The van der Waals surface area contributed by atoms with Gasteiger partial charge in [-0.05, 0) is 44.6 Å². The van der Waals surface area contributed by atoms with Crippen LogP contribution in [0.2, 0.25) is 0 Å². The molecule has 1 aliphatic rings. The number of esters is 1. The van der Waals surface area contributed by atoms with Gasteiger partial charge < -0.3 is 10.1 Å². The Morgan fingerprint density at radius 3 is 2.53 bits per heavy atom. The first-order chi connectivity index (χ1) is 7.96. The number of carbonyl (C=O) groups is 1. The molecule has 3 heteroatoms. The van der Waals surface area contributed by atoms with Gasteiger partial charge in [0.2, 0.25) is 0 Å². The minimum Gasteiger partial charge on any atom is -0.465 e. The first-order valence-corrected chi connectivity index (χ1v) is 6.88. The van der Waals surface area contributed by atoms with Crippen molar-refractivity contribution in [1.82, 2.24) is 5.32 Å². The van der Waals surface area contributed by atoms with Crippen LogP contribution in [0.5, 0.6) is 0 Å². The smallest absolute Gasteiger partial charge is 0.326 e. The van der Waals surface area contributed by atoms with Gasteiger partial charge in [0, 0.05) is 0 Å². The van der Waals surface area contributed by atoms with Crippen LogP contribution < -0.4 is 5.32 Å². The third kappa shape index (κ3) is 3.70. The van der Waals surface area contributed by atoms with E-state index >= 15 is 0 Å². The van der Waals surface area contributed by atoms with Crippen molar-refractivity contribution in [3.8, 4) is 0 Å².